The van der Waals surface area contributed by atoms with Gasteiger partial charge in [0.25, 0.3) is 0 Å². The van der Waals surface area contributed by atoms with Crippen LogP contribution in [0.1, 0.15) is 37.7 Å². The molecular weight excluding hydrogens is 360 g/mol. The third-order valence-corrected chi connectivity index (χ3v) is 5.99. The molecule has 2 atom stereocenters. The number of benzene rings is 1. The number of aliphatic hydroxyl groups is 1. The minimum atomic E-state index is -1.36. The Kier molecular flexibility index (Phi) is 6.34. The number of aliphatic carboxylic acids is 1. The lowest BCUT2D eigenvalue weighted by Gasteiger charge is -2.43. The lowest BCUT2D eigenvalue weighted by molar-refractivity contribution is -0.167. The summed E-state index contributed by atoms with van der Waals surface area (Å²) in [6.45, 7) is 0.867. The van der Waals surface area contributed by atoms with Crippen LogP contribution in [-0.2, 0) is 20.8 Å². The van der Waals surface area contributed by atoms with E-state index in [0.29, 0.717) is 32.4 Å². The van der Waals surface area contributed by atoms with Crippen molar-refractivity contribution in [1.82, 2.24) is 9.80 Å². The second-order valence-electron chi connectivity index (χ2n) is 7.84. The van der Waals surface area contributed by atoms with Crippen LogP contribution in [0, 0.1) is 5.41 Å². The van der Waals surface area contributed by atoms with Gasteiger partial charge in [0.1, 0.15) is 5.41 Å². The molecule has 0 spiro atoms. The molecule has 2 aliphatic rings. The first-order valence-corrected chi connectivity index (χ1v) is 9.93. The number of aliphatic hydroxyl groups excluding tert-OH is 1. The van der Waals surface area contributed by atoms with Crippen LogP contribution in [-0.4, -0.2) is 70.1 Å². The predicted octanol–water partition coefficient (Wildman–Crippen LogP) is 1.30. The molecule has 7 nitrogen and oxygen atoms in total. The fraction of sp³-hybridized carbons (Fsp3) is 0.571. The second-order valence-corrected chi connectivity index (χ2v) is 7.84. The van der Waals surface area contributed by atoms with E-state index in [1.54, 1.807) is 0 Å². The number of hydrogen-bond donors (Lipinski definition) is 2. The Labute approximate surface area is 164 Å². The van der Waals surface area contributed by atoms with Gasteiger partial charge in [-0.05, 0) is 37.7 Å². The average molecular weight is 388 g/mol. The lowest BCUT2D eigenvalue weighted by Crippen LogP contribution is -2.58. The normalized spacial score (nSPS) is 25.2. The number of carbonyl (C=O) groups excluding carboxylic acids is 2. The molecular formula is C21H28N2O5. The van der Waals surface area contributed by atoms with Crippen molar-refractivity contribution in [1.29, 1.82) is 0 Å². The molecule has 2 N–H and O–H groups in total. The van der Waals surface area contributed by atoms with Crippen LogP contribution in [0.15, 0.2) is 30.3 Å². The molecule has 3 rings (SSSR count). The fourth-order valence-electron chi connectivity index (χ4n) is 4.24. The summed E-state index contributed by atoms with van der Waals surface area (Å²) >= 11 is 0. The van der Waals surface area contributed by atoms with Crippen molar-refractivity contribution in [3.63, 3.8) is 0 Å². The van der Waals surface area contributed by atoms with Crippen molar-refractivity contribution in [2.24, 2.45) is 5.41 Å². The topological polar surface area (TPSA) is 98.2 Å². The first kappa shape index (κ1) is 20.3. The van der Waals surface area contributed by atoms with Crippen LogP contribution in [0.4, 0.5) is 0 Å². The maximum atomic E-state index is 12.7. The molecule has 0 bridgehead atoms. The quantitative estimate of drug-likeness (QED) is 0.734. The molecule has 2 amide bonds. The highest BCUT2D eigenvalue weighted by atomic mass is 16.4. The molecule has 1 aromatic rings. The van der Waals surface area contributed by atoms with E-state index < -0.39 is 17.5 Å². The number of carbonyl (C=O) groups is 3. The van der Waals surface area contributed by atoms with Gasteiger partial charge >= 0.3 is 5.97 Å². The van der Waals surface area contributed by atoms with Crippen molar-refractivity contribution < 1.29 is 24.6 Å². The summed E-state index contributed by atoms with van der Waals surface area (Å²) in [7, 11) is 0. The highest BCUT2D eigenvalue weighted by Gasteiger charge is 2.49. The van der Waals surface area contributed by atoms with Gasteiger partial charge in [0, 0.05) is 26.1 Å². The van der Waals surface area contributed by atoms with Gasteiger partial charge in [0.2, 0.25) is 11.8 Å². The average Bonchev–Trinajstić information content (AvgIpc) is 3.08. The molecule has 0 unspecified atom stereocenters. The van der Waals surface area contributed by atoms with Crippen molar-refractivity contribution in [2.75, 3.05) is 26.2 Å². The summed E-state index contributed by atoms with van der Waals surface area (Å²) < 4.78 is 0. The third kappa shape index (κ3) is 4.35. The summed E-state index contributed by atoms with van der Waals surface area (Å²) in [5, 5.41) is 20.4. The number of amides is 2. The molecule has 0 aliphatic carbocycles. The van der Waals surface area contributed by atoms with E-state index in [2.05, 4.69) is 0 Å². The predicted molar refractivity (Wildman–Crippen MR) is 102 cm³/mol. The van der Waals surface area contributed by atoms with Crippen LogP contribution in [0.2, 0.25) is 0 Å². The molecule has 0 radical (unpaired) electrons. The number of aryl methyl sites for hydroxylation is 1. The smallest absolute Gasteiger partial charge is 0.314 e. The van der Waals surface area contributed by atoms with E-state index in [1.807, 2.05) is 30.3 Å². The fourth-order valence-corrected chi connectivity index (χ4v) is 4.24. The maximum absolute atomic E-state index is 12.7. The first-order chi connectivity index (χ1) is 13.4. The number of carboxylic acid groups (broad SMARTS) is 1. The molecule has 1 aromatic carbocycles. The number of hydrogen-bond acceptors (Lipinski definition) is 4. The van der Waals surface area contributed by atoms with Crippen LogP contribution >= 0.6 is 0 Å². The summed E-state index contributed by atoms with van der Waals surface area (Å²) in [6, 6.07) is 9.80. The molecule has 2 heterocycles. The molecule has 7 heteroatoms. The molecule has 2 fully saturated rings. The minimum absolute atomic E-state index is 0.00531. The zero-order chi connectivity index (χ0) is 20.1. The highest BCUT2D eigenvalue weighted by molar-refractivity contribution is 5.86. The van der Waals surface area contributed by atoms with Crippen molar-refractivity contribution in [3.05, 3.63) is 35.9 Å². The molecule has 2 saturated heterocycles. The van der Waals surface area contributed by atoms with Gasteiger partial charge in [0.05, 0.1) is 12.6 Å². The number of likely N-dealkylation sites (tertiary alicyclic amines) is 2. The van der Waals surface area contributed by atoms with Crippen LogP contribution < -0.4 is 0 Å². The lowest BCUT2D eigenvalue weighted by atomic mass is 9.73. The van der Waals surface area contributed by atoms with Crippen molar-refractivity contribution >= 4 is 17.8 Å². The van der Waals surface area contributed by atoms with Gasteiger partial charge in [-0.3, -0.25) is 14.4 Å². The Morgan fingerprint density at radius 2 is 1.93 bits per heavy atom. The molecule has 2 aliphatic heterocycles. The zero-order valence-electron chi connectivity index (χ0n) is 16.0. The zero-order valence-corrected chi connectivity index (χ0v) is 16.0. The van der Waals surface area contributed by atoms with Gasteiger partial charge in [-0.1, -0.05) is 30.3 Å². The van der Waals surface area contributed by atoms with E-state index in [0.717, 1.165) is 18.4 Å². The van der Waals surface area contributed by atoms with Crippen LogP contribution in [0.3, 0.4) is 0 Å². The van der Waals surface area contributed by atoms with Gasteiger partial charge < -0.3 is 20.0 Å². The molecule has 0 saturated carbocycles. The number of nitrogens with zero attached hydrogens (tertiary/aromatic N) is 2. The Morgan fingerprint density at radius 1 is 1.18 bits per heavy atom. The molecule has 152 valence electrons. The summed E-state index contributed by atoms with van der Waals surface area (Å²) in [6.07, 6.45) is 2.09. The monoisotopic (exact) mass is 388 g/mol. The van der Waals surface area contributed by atoms with Gasteiger partial charge in [0.15, 0.2) is 0 Å². The Bertz CT molecular complexity index is 723. The third-order valence-electron chi connectivity index (χ3n) is 5.99. The van der Waals surface area contributed by atoms with Crippen LogP contribution in [0.25, 0.3) is 0 Å². The maximum Gasteiger partial charge on any atom is 0.314 e. The van der Waals surface area contributed by atoms with Crippen LogP contribution in [0.5, 0.6) is 0 Å². The van der Waals surface area contributed by atoms with Gasteiger partial charge in [-0.15, -0.1) is 0 Å². The standard InChI is InChI=1S/C21H28N2O5/c24-17-10-13-23(19(26)14-22-12-5-9-18(22)25)15-21(17,20(27)28)11-4-8-16-6-2-1-3-7-16/h1-3,6-7,17,24H,4-5,8-15H2,(H,27,28)/t17-,21+/m0/s1. The van der Waals surface area contributed by atoms with E-state index in [9.17, 15) is 24.6 Å². The summed E-state index contributed by atoms with van der Waals surface area (Å²) in [5.74, 6) is -1.34. The summed E-state index contributed by atoms with van der Waals surface area (Å²) in [5.41, 5.74) is -0.244. The summed E-state index contributed by atoms with van der Waals surface area (Å²) in [4.78, 5) is 39.6. The number of piperidine rings is 1. The molecule has 0 aromatic heterocycles. The van der Waals surface area contributed by atoms with Gasteiger partial charge in [-0.25, -0.2) is 0 Å². The number of rotatable bonds is 7. The SMILES string of the molecule is O=C1CCCN1CC(=O)N1CC[C@H](O)[C@](CCCc2ccccc2)(C(=O)O)C1. The number of carboxylic acids is 1. The molecule has 28 heavy (non-hydrogen) atoms. The highest BCUT2D eigenvalue weighted by Crippen LogP contribution is 2.36. The van der Waals surface area contributed by atoms with E-state index in [-0.39, 0.29) is 31.3 Å². The van der Waals surface area contributed by atoms with E-state index in [4.69, 9.17) is 0 Å². The second kappa shape index (κ2) is 8.73. The van der Waals surface area contributed by atoms with Gasteiger partial charge in [-0.2, -0.15) is 0 Å². The van der Waals surface area contributed by atoms with Crippen molar-refractivity contribution in [3.8, 4) is 0 Å². The Hall–Kier alpha value is -2.41. The van der Waals surface area contributed by atoms with Crippen molar-refractivity contribution in [2.45, 2.75) is 44.6 Å². The van der Waals surface area contributed by atoms with E-state index in [1.165, 1.54) is 9.80 Å². The first-order valence-electron chi connectivity index (χ1n) is 9.93. The largest absolute Gasteiger partial charge is 0.481 e. The van der Waals surface area contributed by atoms with E-state index >= 15 is 0 Å². The minimum Gasteiger partial charge on any atom is -0.481 e. The Morgan fingerprint density at radius 3 is 2.57 bits per heavy atom. The Balaban J connectivity index is 1.65.